The molecule has 3 nitrogen and oxygen atoms in total. The first-order valence-electron chi connectivity index (χ1n) is 6.36. The lowest BCUT2D eigenvalue weighted by atomic mass is 10.1. The van der Waals surface area contributed by atoms with E-state index in [9.17, 15) is 0 Å². The average molecular weight is 405 g/mol. The van der Waals surface area contributed by atoms with Crippen molar-refractivity contribution < 1.29 is 0 Å². The van der Waals surface area contributed by atoms with E-state index >= 15 is 0 Å². The molecule has 0 aliphatic heterocycles. The minimum Gasteiger partial charge on any atom is -0.389 e. The number of anilines is 2. The lowest BCUT2D eigenvalue weighted by molar-refractivity contribution is 1.35. The molecule has 0 radical (unpaired) electrons. The molecule has 0 atom stereocenters. The quantitative estimate of drug-likeness (QED) is 0.506. The van der Waals surface area contributed by atoms with Crippen LogP contribution in [-0.2, 0) is 0 Å². The van der Waals surface area contributed by atoms with E-state index in [2.05, 4.69) is 32.9 Å². The van der Waals surface area contributed by atoms with E-state index < -0.39 is 0 Å². The van der Waals surface area contributed by atoms with Gasteiger partial charge in [-0.1, -0.05) is 42.5 Å². The van der Waals surface area contributed by atoms with Crippen LogP contribution in [0, 0.1) is 3.57 Å². The molecule has 3 N–H and O–H groups in total. The minimum atomic E-state index is 0.335. The molecule has 1 heterocycles. The SMILES string of the molecule is NC(=S)c1cc2ccccc2nc1Nc1ccccc1I. The molecular weight excluding hydrogens is 393 g/mol. The predicted molar refractivity (Wildman–Crippen MR) is 100 cm³/mol. The maximum atomic E-state index is 5.85. The van der Waals surface area contributed by atoms with Gasteiger partial charge in [-0.2, -0.15) is 0 Å². The molecule has 0 amide bonds. The highest BCUT2D eigenvalue weighted by molar-refractivity contribution is 14.1. The summed E-state index contributed by atoms with van der Waals surface area (Å²) in [7, 11) is 0. The molecule has 0 unspecified atom stereocenters. The van der Waals surface area contributed by atoms with Crippen LogP contribution < -0.4 is 11.1 Å². The maximum Gasteiger partial charge on any atom is 0.141 e. The van der Waals surface area contributed by atoms with E-state index in [0.29, 0.717) is 10.8 Å². The van der Waals surface area contributed by atoms with Crippen molar-refractivity contribution in [2.75, 3.05) is 5.32 Å². The highest BCUT2D eigenvalue weighted by Crippen LogP contribution is 2.26. The molecule has 0 saturated heterocycles. The van der Waals surface area contributed by atoms with Gasteiger partial charge in [0.2, 0.25) is 0 Å². The third kappa shape index (κ3) is 2.98. The fourth-order valence-electron chi connectivity index (χ4n) is 2.09. The second kappa shape index (κ2) is 5.95. The smallest absolute Gasteiger partial charge is 0.141 e. The highest BCUT2D eigenvalue weighted by Gasteiger charge is 2.10. The van der Waals surface area contributed by atoms with Crippen LogP contribution in [-0.4, -0.2) is 9.97 Å². The van der Waals surface area contributed by atoms with Gasteiger partial charge in [0.15, 0.2) is 0 Å². The number of hydrogen-bond donors (Lipinski definition) is 2. The molecular formula is C16H12IN3S. The summed E-state index contributed by atoms with van der Waals surface area (Å²) in [5.74, 6) is 0.685. The molecule has 3 rings (SSSR count). The zero-order chi connectivity index (χ0) is 14.8. The second-order valence-electron chi connectivity index (χ2n) is 4.55. The molecule has 3 aromatic rings. The Kier molecular flexibility index (Phi) is 4.03. The summed E-state index contributed by atoms with van der Waals surface area (Å²) in [6.45, 7) is 0. The second-order valence-corrected chi connectivity index (χ2v) is 6.15. The van der Waals surface area contributed by atoms with Gasteiger partial charge < -0.3 is 11.1 Å². The van der Waals surface area contributed by atoms with Gasteiger partial charge in [0.05, 0.1) is 16.8 Å². The molecule has 0 bridgehead atoms. The summed E-state index contributed by atoms with van der Waals surface area (Å²) < 4.78 is 1.11. The van der Waals surface area contributed by atoms with Crippen molar-refractivity contribution in [3.63, 3.8) is 0 Å². The van der Waals surface area contributed by atoms with Crippen molar-refractivity contribution in [3.8, 4) is 0 Å². The van der Waals surface area contributed by atoms with Crippen LogP contribution in [0.25, 0.3) is 10.9 Å². The molecule has 21 heavy (non-hydrogen) atoms. The van der Waals surface area contributed by atoms with Crippen LogP contribution in [0.4, 0.5) is 11.5 Å². The number of benzene rings is 2. The van der Waals surface area contributed by atoms with Crippen molar-refractivity contribution >= 4 is 62.2 Å². The number of pyridine rings is 1. The van der Waals surface area contributed by atoms with Crippen LogP contribution in [0.15, 0.2) is 54.6 Å². The van der Waals surface area contributed by atoms with Crippen LogP contribution in [0.3, 0.4) is 0 Å². The van der Waals surface area contributed by atoms with E-state index in [1.165, 1.54) is 0 Å². The summed E-state index contributed by atoms with van der Waals surface area (Å²) in [5, 5.41) is 4.35. The average Bonchev–Trinajstić information content (AvgIpc) is 2.48. The summed E-state index contributed by atoms with van der Waals surface area (Å²) >= 11 is 7.44. The first kappa shape index (κ1) is 14.2. The normalized spacial score (nSPS) is 10.5. The number of nitrogens with one attached hydrogen (secondary N) is 1. The third-order valence-corrected chi connectivity index (χ3v) is 4.28. The van der Waals surface area contributed by atoms with Crippen LogP contribution in [0.5, 0.6) is 0 Å². The highest BCUT2D eigenvalue weighted by atomic mass is 127. The van der Waals surface area contributed by atoms with E-state index in [0.717, 1.165) is 25.7 Å². The van der Waals surface area contributed by atoms with Crippen molar-refractivity contribution in [1.82, 2.24) is 4.98 Å². The van der Waals surface area contributed by atoms with E-state index in [4.69, 9.17) is 18.0 Å². The lowest BCUT2D eigenvalue weighted by Gasteiger charge is -2.13. The minimum absolute atomic E-state index is 0.335. The Morgan fingerprint density at radius 2 is 1.81 bits per heavy atom. The van der Waals surface area contributed by atoms with Gasteiger partial charge in [-0.05, 0) is 46.9 Å². The molecule has 5 heteroatoms. The van der Waals surface area contributed by atoms with Gasteiger partial charge >= 0.3 is 0 Å². The molecule has 1 aromatic heterocycles. The van der Waals surface area contributed by atoms with Gasteiger partial charge in [0, 0.05) is 8.96 Å². The van der Waals surface area contributed by atoms with E-state index in [1.54, 1.807) is 0 Å². The zero-order valence-corrected chi connectivity index (χ0v) is 14.0. The molecule has 104 valence electrons. The fourth-order valence-corrected chi connectivity index (χ4v) is 2.77. The Morgan fingerprint density at radius 1 is 1.10 bits per heavy atom. The Labute approximate surface area is 141 Å². The standard InChI is InChI=1S/C16H12IN3S/c17-12-6-2-4-8-14(12)20-16-11(15(18)21)9-10-5-1-3-7-13(10)19-16/h1-9H,(H2,18,21)(H,19,20). The monoisotopic (exact) mass is 405 g/mol. The number of halogens is 1. The number of aromatic nitrogens is 1. The van der Waals surface area contributed by atoms with Crippen LogP contribution >= 0.6 is 34.8 Å². The van der Waals surface area contributed by atoms with Crippen molar-refractivity contribution in [2.45, 2.75) is 0 Å². The van der Waals surface area contributed by atoms with Crippen molar-refractivity contribution in [1.29, 1.82) is 0 Å². The number of thiocarbonyl (C=S) groups is 1. The van der Waals surface area contributed by atoms with Crippen LogP contribution in [0.2, 0.25) is 0 Å². The molecule has 0 fully saturated rings. The predicted octanol–water partition coefficient (Wildman–Crippen LogP) is 4.22. The van der Waals surface area contributed by atoms with E-state index in [-0.39, 0.29) is 0 Å². The summed E-state index contributed by atoms with van der Waals surface area (Å²) in [4.78, 5) is 4.99. The lowest BCUT2D eigenvalue weighted by Crippen LogP contribution is -2.13. The molecule has 0 aliphatic carbocycles. The van der Waals surface area contributed by atoms with Gasteiger partial charge in [0.1, 0.15) is 10.8 Å². The van der Waals surface area contributed by atoms with Gasteiger partial charge in [-0.3, -0.25) is 0 Å². The number of rotatable bonds is 3. The molecule has 0 spiro atoms. The van der Waals surface area contributed by atoms with Crippen molar-refractivity contribution in [3.05, 3.63) is 63.7 Å². The number of nitrogens with two attached hydrogens (primary N) is 1. The number of hydrogen-bond acceptors (Lipinski definition) is 3. The first-order chi connectivity index (χ1) is 10.1. The Bertz CT molecular complexity index is 833. The third-order valence-electron chi connectivity index (χ3n) is 3.12. The van der Waals surface area contributed by atoms with E-state index in [1.807, 2.05) is 54.6 Å². The summed E-state index contributed by atoms with van der Waals surface area (Å²) in [5.41, 5.74) is 8.49. The molecule has 0 aliphatic rings. The number of fused-ring (bicyclic) bond motifs is 1. The summed E-state index contributed by atoms with van der Waals surface area (Å²) in [6, 6.07) is 17.9. The fraction of sp³-hybridized carbons (Fsp3) is 0. The maximum absolute atomic E-state index is 5.85. The molecule has 2 aromatic carbocycles. The number of nitrogens with zero attached hydrogens (tertiary/aromatic N) is 1. The Hall–Kier alpha value is -1.73. The van der Waals surface area contributed by atoms with Crippen LogP contribution in [0.1, 0.15) is 5.56 Å². The summed E-state index contributed by atoms with van der Waals surface area (Å²) in [6.07, 6.45) is 0. The largest absolute Gasteiger partial charge is 0.389 e. The van der Waals surface area contributed by atoms with Gasteiger partial charge in [-0.15, -0.1) is 0 Å². The zero-order valence-electron chi connectivity index (χ0n) is 11.0. The Balaban J connectivity index is 2.14. The Morgan fingerprint density at radius 3 is 2.57 bits per heavy atom. The van der Waals surface area contributed by atoms with Gasteiger partial charge in [-0.25, -0.2) is 4.98 Å². The molecule has 0 saturated carbocycles. The topological polar surface area (TPSA) is 50.9 Å². The van der Waals surface area contributed by atoms with Gasteiger partial charge in [0.25, 0.3) is 0 Å². The van der Waals surface area contributed by atoms with Crippen molar-refractivity contribution in [2.24, 2.45) is 5.73 Å². The number of para-hydroxylation sites is 2. The first-order valence-corrected chi connectivity index (χ1v) is 7.85.